The van der Waals surface area contributed by atoms with Gasteiger partial charge >= 0.3 is 0 Å². The van der Waals surface area contributed by atoms with Gasteiger partial charge in [0.1, 0.15) is 5.82 Å². The maximum Gasteiger partial charge on any atom is 0.228 e. The number of nitrogens with zero attached hydrogens (tertiary/aromatic N) is 4. The van der Waals surface area contributed by atoms with Gasteiger partial charge in [0.25, 0.3) is 0 Å². The molecule has 1 aliphatic heterocycles. The Hall–Kier alpha value is -2.50. The van der Waals surface area contributed by atoms with Gasteiger partial charge < -0.3 is 10.2 Å². The van der Waals surface area contributed by atoms with Crippen molar-refractivity contribution >= 4 is 17.7 Å². The molecular weight excluding hydrogens is 266 g/mol. The number of hydrogen-bond donors (Lipinski definition) is 1. The molecule has 0 bridgehead atoms. The summed E-state index contributed by atoms with van der Waals surface area (Å²) < 4.78 is 0. The SMILES string of the molecule is CC(=O)N1CCC[C@H]1c1ccnc(Nc2ncccn2)c1. The van der Waals surface area contributed by atoms with Crippen molar-refractivity contribution in [3.05, 3.63) is 42.4 Å². The third kappa shape index (κ3) is 2.99. The quantitative estimate of drug-likeness (QED) is 0.935. The van der Waals surface area contributed by atoms with Crippen LogP contribution in [0.4, 0.5) is 11.8 Å². The highest BCUT2D eigenvalue weighted by molar-refractivity contribution is 5.74. The van der Waals surface area contributed by atoms with Crippen LogP contribution in [0.1, 0.15) is 31.4 Å². The molecule has 2 aromatic heterocycles. The Balaban J connectivity index is 1.81. The fraction of sp³-hybridized carbons (Fsp3) is 0.333. The molecule has 0 unspecified atom stereocenters. The van der Waals surface area contributed by atoms with Crippen molar-refractivity contribution in [2.75, 3.05) is 11.9 Å². The van der Waals surface area contributed by atoms with Gasteiger partial charge in [-0.15, -0.1) is 0 Å². The van der Waals surface area contributed by atoms with Gasteiger partial charge in [-0.1, -0.05) is 0 Å². The molecule has 0 saturated carbocycles. The second-order valence-electron chi connectivity index (χ2n) is 5.04. The number of carbonyl (C=O) groups is 1. The second-order valence-corrected chi connectivity index (χ2v) is 5.04. The number of rotatable bonds is 3. The highest BCUT2D eigenvalue weighted by Gasteiger charge is 2.27. The zero-order valence-corrected chi connectivity index (χ0v) is 11.9. The van der Waals surface area contributed by atoms with E-state index >= 15 is 0 Å². The molecule has 2 aromatic rings. The summed E-state index contributed by atoms with van der Waals surface area (Å²) in [5, 5.41) is 3.08. The molecule has 0 aromatic carbocycles. The molecule has 1 aliphatic rings. The van der Waals surface area contributed by atoms with E-state index in [0.717, 1.165) is 24.9 Å². The zero-order chi connectivity index (χ0) is 14.7. The Morgan fingerprint density at radius 2 is 2.10 bits per heavy atom. The van der Waals surface area contributed by atoms with Crippen LogP contribution < -0.4 is 5.32 Å². The highest BCUT2D eigenvalue weighted by atomic mass is 16.2. The van der Waals surface area contributed by atoms with Crippen LogP contribution in [0.15, 0.2) is 36.8 Å². The van der Waals surface area contributed by atoms with Crippen molar-refractivity contribution in [1.82, 2.24) is 19.9 Å². The number of amides is 1. The summed E-state index contributed by atoms with van der Waals surface area (Å²) in [5.74, 6) is 1.32. The Morgan fingerprint density at radius 1 is 1.29 bits per heavy atom. The van der Waals surface area contributed by atoms with Crippen LogP contribution in [0.25, 0.3) is 0 Å². The smallest absolute Gasteiger partial charge is 0.228 e. The first-order valence-electron chi connectivity index (χ1n) is 7.01. The molecular formula is C15H17N5O. The van der Waals surface area contributed by atoms with Gasteiger partial charge in [-0.05, 0) is 36.6 Å². The van der Waals surface area contributed by atoms with Gasteiger partial charge in [0.2, 0.25) is 11.9 Å². The molecule has 3 rings (SSSR count). The number of likely N-dealkylation sites (tertiary alicyclic amines) is 1. The van der Waals surface area contributed by atoms with Crippen LogP contribution in [0.5, 0.6) is 0 Å². The largest absolute Gasteiger partial charge is 0.336 e. The van der Waals surface area contributed by atoms with E-state index in [0.29, 0.717) is 11.8 Å². The van der Waals surface area contributed by atoms with Crippen molar-refractivity contribution in [3.8, 4) is 0 Å². The molecule has 1 amide bonds. The molecule has 3 heterocycles. The first-order chi connectivity index (χ1) is 10.2. The summed E-state index contributed by atoms with van der Waals surface area (Å²) in [7, 11) is 0. The van der Waals surface area contributed by atoms with E-state index in [1.165, 1.54) is 0 Å². The Bertz CT molecular complexity index is 631. The lowest BCUT2D eigenvalue weighted by atomic mass is 10.1. The lowest BCUT2D eigenvalue weighted by Crippen LogP contribution is -2.28. The molecule has 108 valence electrons. The van der Waals surface area contributed by atoms with E-state index < -0.39 is 0 Å². The predicted molar refractivity (Wildman–Crippen MR) is 78.9 cm³/mol. The summed E-state index contributed by atoms with van der Waals surface area (Å²) in [6.45, 7) is 2.45. The fourth-order valence-corrected chi connectivity index (χ4v) is 2.69. The molecule has 0 radical (unpaired) electrons. The normalized spacial score (nSPS) is 17.8. The van der Waals surface area contributed by atoms with Gasteiger partial charge in [0.15, 0.2) is 0 Å². The minimum atomic E-state index is 0.121. The van der Waals surface area contributed by atoms with E-state index in [2.05, 4.69) is 20.3 Å². The molecule has 1 saturated heterocycles. The van der Waals surface area contributed by atoms with Crippen LogP contribution >= 0.6 is 0 Å². The van der Waals surface area contributed by atoms with Crippen LogP contribution in [0.3, 0.4) is 0 Å². The maximum absolute atomic E-state index is 11.7. The number of nitrogens with one attached hydrogen (secondary N) is 1. The minimum absolute atomic E-state index is 0.121. The maximum atomic E-state index is 11.7. The van der Waals surface area contributed by atoms with Gasteiger partial charge in [0.05, 0.1) is 6.04 Å². The average Bonchev–Trinajstić information content (AvgIpc) is 2.98. The molecule has 0 spiro atoms. The molecule has 6 heteroatoms. The van der Waals surface area contributed by atoms with E-state index in [1.807, 2.05) is 17.0 Å². The number of hydrogen-bond acceptors (Lipinski definition) is 5. The summed E-state index contributed by atoms with van der Waals surface area (Å²) in [4.78, 5) is 26.1. The Morgan fingerprint density at radius 3 is 2.86 bits per heavy atom. The molecule has 1 N–H and O–H groups in total. The highest BCUT2D eigenvalue weighted by Crippen LogP contribution is 2.32. The van der Waals surface area contributed by atoms with Crippen LogP contribution in [-0.2, 0) is 4.79 Å². The topological polar surface area (TPSA) is 71.0 Å². The van der Waals surface area contributed by atoms with Gasteiger partial charge in [-0.25, -0.2) is 15.0 Å². The summed E-state index contributed by atoms with van der Waals surface area (Å²) in [5.41, 5.74) is 1.09. The van der Waals surface area contributed by atoms with Crippen molar-refractivity contribution in [3.63, 3.8) is 0 Å². The third-order valence-electron chi connectivity index (χ3n) is 3.63. The van der Waals surface area contributed by atoms with Crippen LogP contribution in [0, 0.1) is 0 Å². The molecule has 1 fully saturated rings. The molecule has 6 nitrogen and oxygen atoms in total. The second kappa shape index (κ2) is 5.87. The molecule has 1 atom stereocenters. The van der Waals surface area contributed by atoms with Gasteiger partial charge in [0, 0.05) is 32.1 Å². The van der Waals surface area contributed by atoms with Gasteiger partial charge in [-0.3, -0.25) is 4.79 Å². The van der Waals surface area contributed by atoms with E-state index in [9.17, 15) is 4.79 Å². The molecule has 0 aliphatic carbocycles. The number of aromatic nitrogens is 3. The van der Waals surface area contributed by atoms with Crippen molar-refractivity contribution in [2.24, 2.45) is 0 Å². The lowest BCUT2D eigenvalue weighted by molar-refractivity contribution is -0.129. The van der Waals surface area contributed by atoms with E-state index in [4.69, 9.17) is 0 Å². The summed E-state index contributed by atoms with van der Waals surface area (Å²) in [6.07, 6.45) is 7.13. The summed E-state index contributed by atoms with van der Waals surface area (Å²) in [6, 6.07) is 5.83. The first kappa shape index (κ1) is 13.5. The van der Waals surface area contributed by atoms with E-state index in [-0.39, 0.29) is 11.9 Å². The summed E-state index contributed by atoms with van der Waals surface area (Å²) >= 11 is 0. The Kier molecular flexibility index (Phi) is 3.77. The van der Waals surface area contributed by atoms with Crippen molar-refractivity contribution in [1.29, 1.82) is 0 Å². The van der Waals surface area contributed by atoms with E-state index in [1.54, 1.807) is 31.6 Å². The standard InChI is InChI=1S/C15H17N5O/c1-11(21)20-9-2-4-13(20)12-5-8-16-14(10-12)19-15-17-6-3-7-18-15/h3,5-8,10,13H,2,4,9H2,1H3,(H,16,17,18,19)/t13-/m0/s1. The zero-order valence-electron chi connectivity index (χ0n) is 11.9. The first-order valence-corrected chi connectivity index (χ1v) is 7.01. The van der Waals surface area contributed by atoms with Crippen LogP contribution in [0.2, 0.25) is 0 Å². The number of anilines is 2. The van der Waals surface area contributed by atoms with Gasteiger partial charge in [-0.2, -0.15) is 0 Å². The van der Waals surface area contributed by atoms with Crippen molar-refractivity contribution in [2.45, 2.75) is 25.8 Å². The average molecular weight is 283 g/mol. The number of carbonyl (C=O) groups excluding carboxylic acids is 1. The van der Waals surface area contributed by atoms with Crippen LogP contribution in [-0.4, -0.2) is 32.3 Å². The predicted octanol–water partition coefficient (Wildman–Crippen LogP) is 2.30. The Labute approximate surface area is 123 Å². The fourth-order valence-electron chi connectivity index (χ4n) is 2.69. The minimum Gasteiger partial charge on any atom is -0.336 e. The lowest BCUT2D eigenvalue weighted by Gasteiger charge is -2.23. The van der Waals surface area contributed by atoms with Crippen molar-refractivity contribution < 1.29 is 4.79 Å². The molecule has 21 heavy (non-hydrogen) atoms. The third-order valence-corrected chi connectivity index (χ3v) is 3.63. The monoisotopic (exact) mass is 283 g/mol. The number of pyridine rings is 1.